The van der Waals surface area contributed by atoms with Gasteiger partial charge in [0.15, 0.2) is 5.75 Å². The van der Waals surface area contributed by atoms with Crippen LogP contribution in [0.15, 0.2) is 6.07 Å². The molecule has 0 spiro atoms. The van der Waals surface area contributed by atoms with Gasteiger partial charge in [0.25, 0.3) is 5.91 Å². The van der Waals surface area contributed by atoms with E-state index in [0.717, 1.165) is 62.7 Å². The largest absolute Gasteiger partial charge is 0.495 e. The number of amides is 1. The van der Waals surface area contributed by atoms with Gasteiger partial charge in [-0.05, 0) is 62.4 Å². The Hall–Kier alpha value is -2.08. The summed E-state index contributed by atoms with van der Waals surface area (Å²) in [4.78, 5) is 28.7. The number of ether oxygens (including phenoxy) is 2. The van der Waals surface area contributed by atoms with Crippen molar-refractivity contribution < 1.29 is 19.1 Å². The third-order valence-electron chi connectivity index (χ3n) is 7.18. The first-order valence-corrected chi connectivity index (χ1v) is 14.0. The number of likely N-dealkylation sites (tertiary alicyclic amines) is 1. The van der Waals surface area contributed by atoms with Gasteiger partial charge in [-0.3, -0.25) is 14.5 Å². The van der Waals surface area contributed by atoms with Crippen molar-refractivity contribution in [2.24, 2.45) is 0 Å². The van der Waals surface area contributed by atoms with Crippen molar-refractivity contribution in [1.82, 2.24) is 10.2 Å². The number of nitrogens with one attached hydrogen (secondary N) is 1. The van der Waals surface area contributed by atoms with Gasteiger partial charge in [0.05, 0.1) is 7.11 Å². The van der Waals surface area contributed by atoms with Gasteiger partial charge in [-0.2, -0.15) is 0 Å². The average molecular weight is 489 g/mol. The summed E-state index contributed by atoms with van der Waals surface area (Å²) in [6, 6.07) is 2.36. The van der Waals surface area contributed by atoms with Crippen molar-refractivity contribution in [3.8, 4) is 11.5 Å². The van der Waals surface area contributed by atoms with E-state index in [1.165, 1.54) is 25.7 Å². The molecule has 1 aromatic rings. The van der Waals surface area contributed by atoms with Crippen molar-refractivity contribution in [3.05, 3.63) is 22.8 Å². The topological polar surface area (TPSA) is 67.9 Å². The van der Waals surface area contributed by atoms with Crippen LogP contribution in [0.25, 0.3) is 0 Å². The minimum atomic E-state index is -0.276. The number of carbonyl (C=O) groups excluding carboxylic acids is 2. The van der Waals surface area contributed by atoms with Crippen LogP contribution >= 0.6 is 0 Å². The zero-order valence-electron chi connectivity index (χ0n) is 22.8. The number of likely N-dealkylation sites (N-methyl/N-ethyl adjacent to an activating group) is 1. The lowest BCUT2D eigenvalue weighted by Crippen LogP contribution is -2.40. The number of nitrogens with zero attached hydrogens (tertiary/aromatic N) is 1. The third kappa shape index (κ3) is 8.52. The fourth-order valence-corrected chi connectivity index (χ4v) is 5.08. The molecule has 1 atom stereocenters. The van der Waals surface area contributed by atoms with Crippen LogP contribution in [0.1, 0.15) is 113 Å². The maximum atomic E-state index is 13.5. The number of hydrogen-bond donors (Lipinski definition) is 1. The third-order valence-corrected chi connectivity index (χ3v) is 7.18. The Bertz CT molecular complexity index is 808. The van der Waals surface area contributed by atoms with E-state index in [0.29, 0.717) is 42.5 Å². The van der Waals surface area contributed by atoms with Crippen molar-refractivity contribution in [2.75, 3.05) is 26.7 Å². The number of aryl methyl sites for hydroxylation is 2. The predicted octanol–water partition coefficient (Wildman–Crippen LogP) is 6.08. The summed E-state index contributed by atoms with van der Waals surface area (Å²) in [5.74, 6) is 0.376. The van der Waals surface area contributed by atoms with Crippen molar-refractivity contribution in [2.45, 2.75) is 111 Å². The Balaban J connectivity index is 2.16. The van der Waals surface area contributed by atoms with Crippen LogP contribution in [0, 0.1) is 0 Å². The smallest absolute Gasteiger partial charge is 0.311 e. The summed E-state index contributed by atoms with van der Waals surface area (Å²) in [6.45, 7) is 11.1. The molecule has 1 aliphatic rings. The van der Waals surface area contributed by atoms with E-state index in [9.17, 15) is 9.59 Å². The maximum Gasteiger partial charge on any atom is 0.311 e. The molecule has 35 heavy (non-hydrogen) atoms. The molecule has 6 heteroatoms. The zero-order valence-corrected chi connectivity index (χ0v) is 22.8. The van der Waals surface area contributed by atoms with Crippen LogP contribution in [0.3, 0.4) is 0 Å². The first kappa shape index (κ1) is 29.2. The van der Waals surface area contributed by atoms with Gasteiger partial charge in [0.1, 0.15) is 11.3 Å². The fraction of sp³-hybridized carbons (Fsp3) is 0.724. The van der Waals surface area contributed by atoms with Gasteiger partial charge in [-0.1, -0.05) is 66.2 Å². The van der Waals surface area contributed by atoms with E-state index < -0.39 is 0 Å². The minimum Gasteiger partial charge on any atom is -0.495 e. The lowest BCUT2D eigenvalue weighted by Gasteiger charge is -2.24. The molecular formula is C29H48N2O4. The van der Waals surface area contributed by atoms with E-state index >= 15 is 0 Å². The first-order valence-electron chi connectivity index (χ1n) is 14.0. The number of unbranched alkanes of at least 4 members (excludes halogenated alkanes) is 6. The van der Waals surface area contributed by atoms with Crippen LogP contribution in [-0.2, 0) is 17.6 Å². The van der Waals surface area contributed by atoms with Crippen LogP contribution in [-0.4, -0.2) is 49.6 Å². The molecular weight excluding hydrogens is 440 g/mol. The molecule has 0 aliphatic carbocycles. The summed E-state index contributed by atoms with van der Waals surface area (Å²) in [5, 5.41) is 3.12. The second kappa shape index (κ2) is 15.8. The molecule has 0 aromatic heterocycles. The van der Waals surface area contributed by atoms with E-state index in [2.05, 4.69) is 24.1 Å². The van der Waals surface area contributed by atoms with Crippen molar-refractivity contribution in [1.29, 1.82) is 0 Å². The minimum absolute atomic E-state index is 0.228. The van der Waals surface area contributed by atoms with Gasteiger partial charge >= 0.3 is 5.97 Å². The summed E-state index contributed by atoms with van der Waals surface area (Å²) in [7, 11) is 1.58. The first-order chi connectivity index (χ1) is 17.0. The monoisotopic (exact) mass is 488 g/mol. The lowest BCUT2D eigenvalue weighted by molar-refractivity contribution is -0.134. The Morgan fingerprint density at radius 1 is 0.971 bits per heavy atom. The van der Waals surface area contributed by atoms with Crippen LogP contribution in [0.5, 0.6) is 11.5 Å². The van der Waals surface area contributed by atoms with Crippen LogP contribution in [0.2, 0.25) is 0 Å². The van der Waals surface area contributed by atoms with Crippen molar-refractivity contribution in [3.63, 3.8) is 0 Å². The van der Waals surface area contributed by atoms with E-state index in [1.807, 2.05) is 19.9 Å². The molecule has 2 rings (SSSR count). The molecule has 1 unspecified atom stereocenters. The lowest BCUT2D eigenvalue weighted by atomic mass is 9.98. The molecule has 6 nitrogen and oxygen atoms in total. The Morgan fingerprint density at radius 2 is 1.63 bits per heavy atom. The number of methoxy groups -OCH3 is 1. The zero-order chi connectivity index (χ0) is 25.6. The molecule has 1 amide bonds. The van der Waals surface area contributed by atoms with Gasteiger partial charge in [-0.15, -0.1) is 0 Å². The Labute approximate surface area is 213 Å². The normalized spacial score (nSPS) is 15.9. The number of hydrogen-bond acceptors (Lipinski definition) is 5. The number of benzene rings is 1. The molecule has 1 fully saturated rings. The number of carbonyl (C=O) groups is 2. The predicted molar refractivity (Wildman–Crippen MR) is 143 cm³/mol. The highest BCUT2D eigenvalue weighted by Gasteiger charge is 2.28. The highest BCUT2D eigenvalue weighted by atomic mass is 16.5. The van der Waals surface area contributed by atoms with E-state index in [1.54, 1.807) is 7.11 Å². The molecule has 1 aromatic carbocycles. The summed E-state index contributed by atoms with van der Waals surface area (Å²) >= 11 is 0. The quantitative estimate of drug-likeness (QED) is 0.173. The highest BCUT2D eigenvalue weighted by molar-refractivity contribution is 6.01. The Morgan fingerprint density at radius 3 is 2.26 bits per heavy atom. The van der Waals surface area contributed by atoms with Crippen LogP contribution in [0.4, 0.5) is 0 Å². The molecule has 0 saturated carbocycles. The fourth-order valence-electron chi connectivity index (χ4n) is 5.08. The van der Waals surface area contributed by atoms with Gasteiger partial charge < -0.3 is 14.8 Å². The molecule has 1 heterocycles. The maximum absolute atomic E-state index is 13.5. The Kier molecular flexibility index (Phi) is 13.2. The van der Waals surface area contributed by atoms with Crippen molar-refractivity contribution >= 4 is 11.9 Å². The molecule has 0 bridgehead atoms. The summed E-state index contributed by atoms with van der Waals surface area (Å²) in [5.41, 5.74) is 2.19. The molecule has 1 aliphatic heterocycles. The highest BCUT2D eigenvalue weighted by Crippen LogP contribution is 2.37. The van der Waals surface area contributed by atoms with Crippen LogP contribution < -0.4 is 14.8 Å². The van der Waals surface area contributed by atoms with E-state index in [4.69, 9.17) is 9.47 Å². The average Bonchev–Trinajstić information content (AvgIpc) is 3.33. The molecule has 198 valence electrons. The molecule has 1 N–H and O–H groups in total. The van der Waals surface area contributed by atoms with Gasteiger partial charge in [0, 0.05) is 19.0 Å². The molecule has 1 saturated heterocycles. The van der Waals surface area contributed by atoms with E-state index in [-0.39, 0.29) is 11.9 Å². The number of esters is 1. The molecule has 0 radical (unpaired) electrons. The summed E-state index contributed by atoms with van der Waals surface area (Å²) in [6.07, 6.45) is 12.0. The summed E-state index contributed by atoms with van der Waals surface area (Å²) < 4.78 is 11.6. The number of rotatable bonds is 16. The van der Waals surface area contributed by atoms with Gasteiger partial charge in [0.2, 0.25) is 0 Å². The van der Waals surface area contributed by atoms with Gasteiger partial charge in [-0.25, -0.2) is 0 Å². The second-order valence-corrected chi connectivity index (χ2v) is 9.62. The SMILES string of the molecule is CCCCCCCCCC(=O)Oc1c(CC)cc(CC)c(OC)c1C(=O)NCC1CCCN1CC. The second-order valence-electron chi connectivity index (χ2n) is 9.62. The standard InChI is InChI=1S/C29H48N2O4/c1-6-10-11-12-13-14-15-18-25(32)35-28-23(8-3)20-22(7-2)27(34-5)26(28)29(33)30-21-24-17-16-19-31(24)9-4/h20,24H,6-19,21H2,1-5H3,(H,30,33).